The minimum atomic E-state index is -3.30. The predicted octanol–water partition coefficient (Wildman–Crippen LogP) is 1.75. The molecule has 2 unspecified atom stereocenters. The summed E-state index contributed by atoms with van der Waals surface area (Å²) in [4.78, 5) is 11.4. The van der Waals surface area contributed by atoms with Crippen LogP contribution in [0.4, 0.5) is 0 Å². The molecule has 3 nitrogen and oxygen atoms in total. The summed E-state index contributed by atoms with van der Waals surface area (Å²) in [7, 11) is -3.30. The first-order valence-corrected chi connectivity index (χ1v) is 6.78. The quantitative estimate of drug-likeness (QED) is 0.806. The van der Waals surface area contributed by atoms with E-state index in [1.165, 1.54) is 6.92 Å². The summed E-state index contributed by atoms with van der Waals surface area (Å²) in [5.74, 6) is -0.313. The predicted molar refractivity (Wildman–Crippen MR) is 60.9 cm³/mol. The molecule has 2 atom stereocenters. The number of sulfone groups is 1. The molecule has 0 amide bonds. The highest BCUT2D eigenvalue weighted by molar-refractivity contribution is 7.92. The Morgan fingerprint density at radius 1 is 1.25 bits per heavy atom. The second-order valence-corrected chi connectivity index (χ2v) is 6.52. The zero-order valence-corrected chi connectivity index (χ0v) is 10.1. The molecule has 0 aliphatic heterocycles. The maximum atomic E-state index is 12.1. The van der Waals surface area contributed by atoms with Crippen LogP contribution in [0, 0.1) is 12.8 Å². The average molecular weight is 238 g/mol. The standard InChI is InChI=1S/C12H14O3S/c1-8-3-5-10(6-4-8)16(14,15)12-7-11(12)9(2)13/h3-6,11-12H,7H2,1-2H3. The molecule has 0 radical (unpaired) electrons. The number of hydrogen-bond acceptors (Lipinski definition) is 3. The van der Waals surface area contributed by atoms with Crippen molar-refractivity contribution in [2.75, 3.05) is 0 Å². The molecule has 0 aromatic heterocycles. The maximum absolute atomic E-state index is 12.1. The van der Waals surface area contributed by atoms with Gasteiger partial charge in [0, 0.05) is 5.92 Å². The smallest absolute Gasteiger partial charge is 0.181 e. The third-order valence-electron chi connectivity index (χ3n) is 3.00. The van der Waals surface area contributed by atoms with E-state index in [9.17, 15) is 13.2 Å². The molecule has 4 heteroatoms. The van der Waals surface area contributed by atoms with Crippen LogP contribution in [0.2, 0.25) is 0 Å². The Bertz CT molecular complexity index is 514. The maximum Gasteiger partial charge on any atom is 0.181 e. The highest BCUT2D eigenvalue weighted by Crippen LogP contribution is 2.40. The molecule has 0 spiro atoms. The molecule has 1 fully saturated rings. The molecule has 1 aliphatic rings. The molecule has 0 N–H and O–H groups in total. The molecule has 1 saturated carbocycles. The van der Waals surface area contributed by atoms with Gasteiger partial charge in [-0.2, -0.15) is 0 Å². The van der Waals surface area contributed by atoms with E-state index in [2.05, 4.69) is 0 Å². The van der Waals surface area contributed by atoms with Gasteiger partial charge in [0.25, 0.3) is 0 Å². The Morgan fingerprint density at radius 2 is 1.81 bits per heavy atom. The molecule has 1 aromatic carbocycles. The third-order valence-corrected chi connectivity index (χ3v) is 5.25. The normalized spacial score (nSPS) is 24.1. The van der Waals surface area contributed by atoms with Crippen molar-refractivity contribution in [3.63, 3.8) is 0 Å². The lowest BCUT2D eigenvalue weighted by Crippen LogP contribution is -2.12. The highest BCUT2D eigenvalue weighted by atomic mass is 32.2. The first-order valence-electron chi connectivity index (χ1n) is 5.24. The zero-order chi connectivity index (χ0) is 11.9. The number of carbonyl (C=O) groups is 1. The summed E-state index contributed by atoms with van der Waals surface area (Å²) in [5, 5.41) is -0.493. The van der Waals surface area contributed by atoms with Gasteiger partial charge in [-0.15, -0.1) is 0 Å². The number of aryl methyl sites for hydroxylation is 1. The first-order chi connectivity index (χ1) is 7.43. The van der Waals surface area contributed by atoms with E-state index >= 15 is 0 Å². The van der Waals surface area contributed by atoms with Crippen molar-refractivity contribution in [1.82, 2.24) is 0 Å². The van der Waals surface area contributed by atoms with E-state index < -0.39 is 15.1 Å². The van der Waals surface area contributed by atoms with Gasteiger partial charge in [-0.1, -0.05) is 17.7 Å². The Kier molecular flexibility index (Phi) is 2.62. The van der Waals surface area contributed by atoms with E-state index in [-0.39, 0.29) is 11.7 Å². The van der Waals surface area contributed by atoms with Crippen LogP contribution in [-0.4, -0.2) is 19.5 Å². The highest BCUT2D eigenvalue weighted by Gasteiger charge is 2.50. The monoisotopic (exact) mass is 238 g/mol. The van der Waals surface area contributed by atoms with Gasteiger partial charge in [0.1, 0.15) is 5.78 Å². The lowest BCUT2D eigenvalue weighted by Gasteiger charge is -2.03. The van der Waals surface area contributed by atoms with Crippen molar-refractivity contribution < 1.29 is 13.2 Å². The zero-order valence-electron chi connectivity index (χ0n) is 9.30. The van der Waals surface area contributed by atoms with Gasteiger partial charge in [0.15, 0.2) is 9.84 Å². The summed E-state index contributed by atoms with van der Waals surface area (Å²) in [6.07, 6.45) is 0.478. The summed E-state index contributed by atoms with van der Waals surface area (Å²) >= 11 is 0. The Hall–Kier alpha value is -1.16. The molecule has 0 bridgehead atoms. The Labute approximate surface area is 95.4 Å². The van der Waals surface area contributed by atoms with E-state index in [1.807, 2.05) is 6.92 Å². The summed E-state index contributed by atoms with van der Waals surface area (Å²) in [5.41, 5.74) is 1.03. The minimum absolute atomic E-state index is 0.0271. The molecule has 0 saturated heterocycles. The molecule has 2 rings (SSSR count). The SMILES string of the molecule is CC(=O)C1CC1S(=O)(=O)c1ccc(C)cc1. The fourth-order valence-corrected chi connectivity index (χ4v) is 3.80. The molecule has 86 valence electrons. The summed E-state index contributed by atoms with van der Waals surface area (Å²) in [6.45, 7) is 3.36. The molecule has 1 aliphatic carbocycles. The van der Waals surface area contributed by atoms with Crippen LogP contribution < -0.4 is 0 Å². The fraction of sp³-hybridized carbons (Fsp3) is 0.417. The van der Waals surface area contributed by atoms with Crippen LogP contribution in [0.1, 0.15) is 18.9 Å². The number of hydrogen-bond donors (Lipinski definition) is 0. The lowest BCUT2D eigenvalue weighted by atomic mass is 10.2. The van der Waals surface area contributed by atoms with Gasteiger partial charge in [-0.3, -0.25) is 4.79 Å². The molecular formula is C12H14O3S. The molecule has 1 aromatic rings. The largest absolute Gasteiger partial charge is 0.300 e. The topological polar surface area (TPSA) is 51.2 Å². The number of Topliss-reactive ketones (excluding diaryl/α,β-unsaturated/α-hetero) is 1. The van der Waals surface area contributed by atoms with Gasteiger partial charge in [-0.05, 0) is 32.4 Å². The van der Waals surface area contributed by atoms with Gasteiger partial charge in [-0.25, -0.2) is 8.42 Å². The van der Waals surface area contributed by atoms with Crippen molar-refractivity contribution in [1.29, 1.82) is 0 Å². The second-order valence-electron chi connectivity index (χ2n) is 4.35. The Morgan fingerprint density at radius 3 is 2.25 bits per heavy atom. The summed E-state index contributed by atoms with van der Waals surface area (Å²) in [6, 6.07) is 6.77. The minimum Gasteiger partial charge on any atom is -0.300 e. The van der Waals surface area contributed by atoms with Crippen molar-refractivity contribution in [2.24, 2.45) is 5.92 Å². The van der Waals surface area contributed by atoms with E-state index in [0.29, 0.717) is 11.3 Å². The van der Waals surface area contributed by atoms with Gasteiger partial charge >= 0.3 is 0 Å². The van der Waals surface area contributed by atoms with Crippen molar-refractivity contribution >= 4 is 15.6 Å². The second kappa shape index (κ2) is 3.70. The van der Waals surface area contributed by atoms with Gasteiger partial charge in [0.2, 0.25) is 0 Å². The summed E-state index contributed by atoms with van der Waals surface area (Å²) < 4.78 is 24.1. The fourth-order valence-electron chi connectivity index (χ4n) is 1.85. The average Bonchev–Trinajstić information content (AvgIpc) is 2.98. The van der Waals surface area contributed by atoms with Crippen LogP contribution in [-0.2, 0) is 14.6 Å². The number of ketones is 1. The van der Waals surface area contributed by atoms with Crippen LogP contribution in [0.15, 0.2) is 29.2 Å². The lowest BCUT2D eigenvalue weighted by molar-refractivity contribution is -0.118. The molecule has 16 heavy (non-hydrogen) atoms. The Balaban J connectivity index is 2.28. The number of rotatable bonds is 3. The molecule has 0 heterocycles. The van der Waals surface area contributed by atoms with E-state index in [0.717, 1.165) is 5.56 Å². The van der Waals surface area contributed by atoms with Crippen LogP contribution in [0.3, 0.4) is 0 Å². The van der Waals surface area contributed by atoms with Crippen LogP contribution in [0.25, 0.3) is 0 Å². The third kappa shape index (κ3) is 1.89. The molecular weight excluding hydrogens is 224 g/mol. The van der Waals surface area contributed by atoms with E-state index in [4.69, 9.17) is 0 Å². The van der Waals surface area contributed by atoms with Gasteiger partial charge in [0.05, 0.1) is 10.1 Å². The van der Waals surface area contributed by atoms with Gasteiger partial charge < -0.3 is 0 Å². The van der Waals surface area contributed by atoms with Crippen molar-refractivity contribution in [3.05, 3.63) is 29.8 Å². The van der Waals surface area contributed by atoms with Crippen LogP contribution >= 0.6 is 0 Å². The van der Waals surface area contributed by atoms with Crippen molar-refractivity contribution in [2.45, 2.75) is 30.4 Å². The first kappa shape index (κ1) is 11.3. The number of benzene rings is 1. The number of carbonyl (C=O) groups excluding carboxylic acids is 1. The van der Waals surface area contributed by atoms with Crippen molar-refractivity contribution in [3.8, 4) is 0 Å². The van der Waals surface area contributed by atoms with Crippen LogP contribution in [0.5, 0.6) is 0 Å². The van der Waals surface area contributed by atoms with E-state index in [1.54, 1.807) is 24.3 Å².